The van der Waals surface area contributed by atoms with E-state index in [2.05, 4.69) is 4.98 Å². The quantitative estimate of drug-likeness (QED) is 0.426. The number of hydrogen-bond acceptors (Lipinski definition) is 4. The Hall–Kier alpha value is -2.11. The van der Waals surface area contributed by atoms with Crippen LogP contribution in [0.4, 0.5) is 0 Å². The van der Waals surface area contributed by atoms with Gasteiger partial charge in [0.15, 0.2) is 5.22 Å². The first-order chi connectivity index (χ1) is 12.6. The molecule has 0 aliphatic heterocycles. The Balaban J connectivity index is 1.90. The number of furan rings is 1. The number of nitrogens with zero attached hydrogens (tertiary/aromatic N) is 1. The van der Waals surface area contributed by atoms with Crippen LogP contribution in [0.5, 0.6) is 0 Å². The molecular formula is C20H13Cl2NO2S. The summed E-state index contributed by atoms with van der Waals surface area (Å²) in [4.78, 5) is 5.06. The van der Waals surface area contributed by atoms with Crippen LogP contribution < -0.4 is 0 Å². The van der Waals surface area contributed by atoms with Crippen molar-refractivity contribution in [3.63, 3.8) is 0 Å². The van der Waals surface area contributed by atoms with Crippen LogP contribution in [0, 0.1) is 0 Å². The number of hydrogen-bond donors (Lipinski definition) is 1. The lowest BCUT2D eigenvalue weighted by molar-refractivity contribution is 0.221. The Kier molecular flexibility index (Phi) is 4.83. The second-order valence-corrected chi connectivity index (χ2v) is 7.38. The van der Waals surface area contributed by atoms with Gasteiger partial charge in [-0.05, 0) is 47.5 Å². The van der Waals surface area contributed by atoms with Crippen LogP contribution in [0.3, 0.4) is 0 Å². The number of aliphatic hydroxyl groups excluding tert-OH is 1. The second-order valence-electron chi connectivity index (χ2n) is 5.69. The van der Waals surface area contributed by atoms with Gasteiger partial charge >= 0.3 is 0 Å². The summed E-state index contributed by atoms with van der Waals surface area (Å²) in [6.07, 6.45) is 2.49. The van der Waals surface area contributed by atoms with E-state index in [1.807, 2.05) is 35.7 Å². The van der Waals surface area contributed by atoms with E-state index < -0.39 is 6.10 Å². The third kappa shape index (κ3) is 3.29. The molecule has 0 amide bonds. The van der Waals surface area contributed by atoms with E-state index in [0.29, 0.717) is 21.6 Å². The molecule has 130 valence electrons. The van der Waals surface area contributed by atoms with Gasteiger partial charge in [-0.1, -0.05) is 29.8 Å². The summed E-state index contributed by atoms with van der Waals surface area (Å²) >= 11 is 13.5. The zero-order valence-electron chi connectivity index (χ0n) is 13.4. The lowest BCUT2D eigenvalue weighted by Crippen LogP contribution is -2.02. The molecule has 0 aliphatic carbocycles. The molecule has 1 aromatic carbocycles. The lowest BCUT2D eigenvalue weighted by Gasteiger charge is -2.14. The van der Waals surface area contributed by atoms with Crippen LogP contribution in [0.1, 0.15) is 17.2 Å². The molecule has 0 saturated carbocycles. The summed E-state index contributed by atoms with van der Waals surface area (Å²) in [7, 11) is 0. The molecule has 1 N–H and O–H groups in total. The molecule has 4 rings (SSSR count). The molecule has 0 radical (unpaired) electrons. The largest absolute Gasteiger partial charge is 0.445 e. The van der Waals surface area contributed by atoms with Gasteiger partial charge in [-0.25, -0.2) is 0 Å². The van der Waals surface area contributed by atoms with E-state index in [9.17, 15) is 5.11 Å². The fourth-order valence-corrected chi connectivity index (χ4v) is 4.19. The molecule has 26 heavy (non-hydrogen) atoms. The summed E-state index contributed by atoms with van der Waals surface area (Å²) < 4.78 is 5.59. The number of benzene rings is 1. The molecule has 1 unspecified atom stereocenters. The maximum atomic E-state index is 11.1. The molecule has 1 atom stereocenters. The maximum Gasteiger partial charge on any atom is 0.193 e. The molecule has 3 nitrogen and oxygen atoms in total. The highest BCUT2D eigenvalue weighted by atomic mass is 35.5. The van der Waals surface area contributed by atoms with Crippen LogP contribution >= 0.6 is 34.5 Å². The SMILES string of the molecule is OC(c1cccnc1)c1c(-c2ccc(Cl)o2)csc1-c1ccc(Cl)cc1. The van der Waals surface area contributed by atoms with Gasteiger partial charge in [0.05, 0.1) is 0 Å². The van der Waals surface area contributed by atoms with Gasteiger partial charge in [-0.3, -0.25) is 4.98 Å². The van der Waals surface area contributed by atoms with Gasteiger partial charge in [-0.2, -0.15) is 0 Å². The van der Waals surface area contributed by atoms with Crippen molar-refractivity contribution in [3.8, 4) is 21.8 Å². The van der Waals surface area contributed by atoms with Crippen LogP contribution in [-0.2, 0) is 0 Å². The summed E-state index contributed by atoms with van der Waals surface area (Å²) in [6, 6.07) is 14.7. The number of rotatable bonds is 4. The van der Waals surface area contributed by atoms with Crippen LogP contribution in [0.2, 0.25) is 10.2 Å². The van der Waals surface area contributed by atoms with E-state index in [1.165, 1.54) is 11.3 Å². The van der Waals surface area contributed by atoms with Crippen molar-refractivity contribution >= 4 is 34.5 Å². The first-order valence-electron chi connectivity index (χ1n) is 7.84. The third-order valence-electron chi connectivity index (χ3n) is 4.05. The highest BCUT2D eigenvalue weighted by Crippen LogP contribution is 2.44. The van der Waals surface area contributed by atoms with Crippen molar-refractivity contribution < 1.29 is 9.52 Å². The molecule has 6 heteroatoms. The fourth-order valence-electron chi connectivity index (χ4n) is 2.82. The normalized spacial score (nSPS) is 12.3. The van der Waals surface area contributed by atoms with Crippen LogP contribution in [0.15, 0.2) is 70.7 Å². The van der Waals surface area contributed by atoms with Gasteiger partial charge in [0.25, 0.3) is 0 Å². The van der Waals surface area contributed by atoms with Gasteiger partial charge < -0.3 is 9.52 Å². The Bertz CT molecular complexity index is 1030. The minimum Gasteiger partial charge on any atom is -0.445 e. The van der Waals surface area contributed by atoms with Crippen molar-refractivity contribution in [1.29, 1.82) is 0 Å². The average molecular weight is 402 g/mol. The van der Waals surface area contributed by atoms with Crippen molar-refractivity contribution in [2.45, 2.75) is 6.10 Å². The molecule has 0 bridgehead atoms. The number of aliphatic hydroxyl groups is 1. The summed E-state index contributed by atoms with van der Waals surface area (Å²) in [5.74, 6) is 0.615. The zero-order valence-corrected chi connectivity index (χ0v) is 15.7. The first kappa shape index (κ1) is 17.3. The minimum absolute atomic E-state index is 0.307. The predicted molar refractivity (Wildman–Crippen MR) is 106 cm³/mol. The zero-order chi connectivity index (χ0) is 18.1. The fraction of sp³-hybridized carbons (Fsp3) is 0.0500. The summed E-state index contributed by atoms with van der Waals surface area (Å²) in [6.45, 7) is 0. The smallest absolute Gasteiger partial charge is 0.193 e. The molecule has 0 saturated heterocycles. The monoisotopic (exact) mass is 401 g/mol. The molecule has 0 fully saturated rings. The Labute approximate surface area is 164 Å². The van der Waals surface area contributed by atoms with Crippen molar-refractivity contribution in [1.82, 2.24) is 4.98 Å². The molecular weight excluding hydrogens is 389 g/mol. The van der Waals surface area contributed by atoms with Crippen molar-refractivity contribution in [3.05, 3.63) is 87.7 Å². The first-order valence-corrected chi connectivity index (χ1v) is 9.48. The summed E-state index contributed by atoms with van der Waals surface area (Å²) in [5.41, 5.74) is 3.25. The van der Waals surface area contributed by atoms with Crippen LogP contribution in [0.25, 0.3) is 21.8 Å². The van der Waals surface area contributed by atoms with E-state index in [4.69, 9.17) is 27.6 Å². The highest BCUT2D eigenvalue weighted by molar-refractivity contribution is 7.14. The number of pyridine rings is 1. The van der Waals surface area contributed by atoms with E-state index >= 15 is 0 Å². The lowest BCUT2D eigenvalue weighted by atomic mass is 9.96. The van der Waals surface area contributed by atoms with Gasteiger partial charge in [0.2, 0.25) is 0 Å². The third-order valence-corrected chi connectivity index (χ3v) is 5.55. The number of aromatic nitrogens is 1. The standard InChI is InChI=1S/C20H13Cl2NO2S/c21-14-5-3-12(4-6-14)20-18(19(24)13-2-1-9-23-10-13)15(11-26-20)16-7-8-17(22)25-16/h1-11,19,24H. The summed E-state index contributed by atoms with van der Waals surface area (Å²) in [5, 5.41) is 14.0. The van der Waals surface area contributed by atoms with Gasteiger partial charge in [-0.15, -0.1) is 11.3 Å². The van der Waals surface area contributed by atoms with Crippen LogP contribution in [-0.4, -0.2) is 10.1 Å². The Morgan fingerprint density at radius 3 is 2.50 bits per heavy atom. The molecule has 0 spiro atoms. The maximum absolute atomic E-state index is 11.1. The van der Waals surface area contributed by atoms with Crippen molar-refractivity contribution in [2.24, 2.45) is 0 Å². The van der Waals surface area contributed by atoms with E-state index in [1.54, 1.807) is 30.6 Å². The second kappa shape index (κ2) is 7.25. The Morgan fingerprint density at radius 1 is 1.04 bits per heavy atom. The topological polar surface area (TPSA) is 46.3 Å². The van der Waals surface area contributed by atoms with Gasteiger partial charge in [0.1, 0.15) is 11.9 Å². The Morgan fingerprint density at radius 2 is 1.85 bits per heavy atom. The molecule has 0 aliphatic rings. The van der Waals surface area contributed by atoms with Crippen molar-refractivity contribution in [2.75, 3.05) is 0 Å². The highest BCUT2D eigenvalue weighted by Gasteiger charge is 2.24. The minimum atomic E-state index is -0.848. The predicted octanol–water partition coefficient (Wildman–Crippen LogP) is 6.46. The molecule has 4 aromatic rings. The average Bonchev–Trinajstić information content (AvgIpc) is 3.28. The van der Waals surface area contributed by atoms with E-state index in [0.717, 1.165) is 21.6 Å². The van der Waals surface area contributed by atoms with Gasteiger partial charge in [0, 0.05) is 44.4 Å². The molecule has 3 aromatic heterocycles. The van der Waals surface area contributed by atoms with E-state index in [-0.39, 0.29) is 0 Å². The molecule has 3 heterocycles. The number of thiophene rings is 1. The number of halogens is 2.